The predicted molar refractivity (Wildman–Crippen MR) is 97.9 cm³/mol. The van der Waals surface area contributed by atoms with Gasteiger partial charge in [0, 0.05) is 37.9 Å². The molecule has 2 saturated heterocycles. The van der Waals surface area contributed by atoms with Gasteiger partial charge in [-0.25, -0.2) is 8.42 Å². The minimum Gasteiger partial charge on any atom is -0.352 e. The van der Waals surface area contributed by atoms with Crippen molar-refractivity contribution in [1.82, 2.24) is 14.8 Å². The lowest BCUT2D eigenvalue weighted by Gasteiger charge is -2.14. The van der Waals surface area contributed by atoms with Crippen molar-refractivity contribution in [2.75, 3.05) is 18.1 Å². The Morgan fingerprint density at radius 3 is 2.81 bits per heavy atom. The van der Waals surface area contributed by atoms with Gasteiger partial charge in [-0.3, -0.25) is 19.3 Å². The zero-order chi connectivity index (χ0) is 18.9. The van der Waals surface area contributed by atoms with E-state index in [0.29, 0.717) is 11.3 Å². The van der Waals surface area contributed by atoms with E-state index in [1.165, 1.54) is 0 Å². The number of hydrogen-bond acceptors (Lipinski definition) is 6. The van der Waals surface area contributed by atoms with Crippen molar-refractivity contribution in [3.8, 4) is 0 Å². The number of aromatic nitrogens is 1. The standard InChI is InChI=1S/C16H19N3O5S2/c1-18-6-2-3-12(18)9-13-15(21)19(16(22)25-13)7-4-14(20)17-11-5-8-26(23,24)10-11/h2-3,6,9,11H,4-5,7-8,10H2,1H3,(H,17,20). The van der Waals surface area contributed by atoms with Crippen molar-refractivity contribution >= 4 is 44.7 Å². The third kappa shape index (κ3) is 4.18. The summed E-state index contributed by atoms with van der Waals surface area (Å²) in [6.07, 6.45) is 3.83. The Bertz CT molecular complexity index is 887. The minimum absolute atomic E-state index is 0.0273. The molecule has 1 aromatic heterocycles. The molecule has 3 amide bonds. The van der Waals surface area contributed by atoms with Gasteiger partial charge in [0.2, 0.25) is 5.91 Å². The zero-order valence-electron chi connectivity index (χ0n) is 14.2. The molecule has 0 spiro atoms. The topological polar surface area (TPSA) is 106 Å². The maximum Gasteiger partial charge on any atom is 0.293 e. The number of thioether (sulfide) groups is 1. The number of aryl methyl sites for hydroxylation is 1. The number of nitrogens with one attached hydrogen (secondary N) is 1. The summed E-state index contributed by atoms with van der Waals surface area (Å²) in [6.45, 7) is -0.0273. The maximum atomic E-state index is 12.4. The fourth-order valence-corrected chi connectivity index (χ4v) is 5.40. The highest BCUT2D eigenvalue weighted by atomic mass is 32.2. The van der Waals surface area contributed by atoms with Crippen molar-refractivity contribution in [2.45, 2.75) is 18.9 Å². The average molecular weight is 397 g/mol. The Morgan fingerprint density at radius 2 is 2.19 bits per heavy atom. The molecule has 1 aromatic rings. The fraction of sp³-hybridized carbons (Fsp3) is 0.438. The smallest absolute Gasteiger partial charge is 0.293 e. The van der Waals surface area contributed by atoms with Crippen LogP contribution in [0.3, 0.4) is 0 Å². The van der Waals surface area contributed by atoms with Gasteiger partial charge in [-0.1, -0.05) is 0 Å². The van der Waals surface area contributed by atoms with E-state index < -0.39 is 21.0 Å². The molecule has 2 aliphatic rings. The van der Waals surface area contributed by atoms with E-state index in [0.717, 1.165) is 22.4 Å². The predicted octanol–water partition coefficient (Wildman–Crippen LogP) is 0.755. The Hall–Kier alpha value is -2.07. The van der Waals surface area contributed by atoms with E-state index in [-0.39, 0.29) is 36.4 Å². The molecule has 0 aromatic carbocycles. The molecular weight excluding hydrogens is 378 g/mol. The van der Waals surface area contributed by atoms with Gasteiger partial charge in [0.05, 0.1) is 16.4 Å². The molecule has 2 aliphatic heterocycles. The lowest BCUT2D eigenvalue weighted by atomic mass is 10.2. The Morgan fingerprint density at radius 1 is 1.42 bits per heavy atom. The first-order valence-electron chi connectivity index (χ1n) is 8.12. The molecule has 2 fully saturated rings. The number of rotatable bonds is 5. The first-order valence-corrected chi connectivity index (χ1v) is 10.8. The largest absolute Gasteiger partial charge is 0.352 e. The van der Waals surface area contributed by atoms with Gasteiger partial charge in [0.25, 0.3) is 11.1 Å². The molecular formula is C16H19N3O5S2. The molecule has 8 nitrogen and oxygen atoms in total. The molecule has 0 radical (unpaired) electrons. The van der Waals surface area contributed by atoms with Gasteiger partial charge in [0.1, 0.15) is 0 Å². The van der Waals surface area contributed by atoms with Crippen molar-refractivity contribution < 1.29 is 22.8 Å². The summed E-state index contributed by atoms with van der Waals surface area (Å²) in [5.41, 5.74) is 0.802. The van der Waals surface area contributed by atoms with Crippen molar-refractivity contribution in [2.24, 2.45) is 7.05 Å². The van der Waals surface area contributed by atoms with Crippen molar-refractivity contribution in [1.29, 1.82) is 0 Å². The summed E-state index contributed by atoms with van der Waals surface area (Å²) in [6, 6.07) is 3.28. The second-order valence-corrected chi connectivity index (χ2v) is 9.52. The quantitative estimate of drug-likeness (QED) is 0.735. The van der Waals surface area contributed by atoms with Gasteiger partial charge < -0.3 is 9.88 Å². The Labute approximate surface area is 155 Å². The Balaban J connectivity index is 1.56. The number of sulfone groups is 1. The van der Waals surface area contributed by atoms with Crippen molar-refractivity contribution in [3.63, 3.8) is 0 Å². The molecule has 0 aliphatic carbocycles. The average Bonchev–Trinajstić information content (AvgIpc) is 3.18. The van der Waals surface area contributed by atoms with Crippen LogP contribution in [0.25, 0.3) is 6.08 Å². The normalized spacial score (nSPS) is 23.8. The van der Waals surface area contributed by atoms with E-state index in [4.69, 9.17) is 0 Å². The fourth-order valence-electron chi connectivity index (χ4n) is 2.87. The number of imide groups is 1. The number of nitrogens with zero attached hydrogens (tertiary/aromatic N) is 2. The van der Waals surface area contributed by atoms with Gasteiger partial charge in [0.15, 0.2) is 9.84 Å². The van der Waals surface area contributed by atoms with E-state index in [1.807, 2.05) is 29.9 Å². The zero-order valence-corrected chi connectivity index (χ0v) is 15.8. The van der Waals surface area contributed by atoms with Crippen LogP contribution in [0.15, 0.2) is 23.2 Å². The van der Waals surface area contributed by atoms with Crippen LogP contribution in [-0.2, 0) is 26.5 Å². The van der Waals surface area contributed by atoms with E-state index in [1.54, 1.807) is 6.08 Å². The van der Waals surface area contributed by atoms with E-state index in [2.05, 4.69) is 5.32 Å². The summed E-state index contributed by atoms with van der Waals surface area (Å²) in [7, 11) is -1.23. The lowest BCUT2D eigenvalue weighted by Crippen LogP contribution is -2.38. The molecule has 1 unspecified atom stereocenters. The number of amides is 3. The molecule has 1 N–H and O–H groups in total. The molecule has 0 bridgehead atoms. The van der Waals surface area contributed by atoms with Crippen LogP contribution in [0.5, 0.6) is 0 Å². The van der Waals surface area contributed by atoms with Crippen LogP contribution in [0.2, 0.25) is 0 Å². The third-order valence-corrected chi connectivity index (χ3v) is 6.97. The molecule has 26 heavy (non-hydrogen) atoms. The second-order valence-electron chi connectivity index (χ2n) is 6.29. The summed E-state index contributed by atoms with van der Waals surface area (Å²) < 4.78 is 24.6. The van der Waals surface area contributed by atoms with Crippen LogP contribution in [0.1, 0.15) is 18.5 Å². The summed E-state index contributed by atoms with van der Waals surface area (Å²) in [4.78, 5) is 37.8. The second kappa shape index (κ2) is 7.28. The SMILES string of the molecule is Cn1cccc1C=C1SC(=O)N(CCC(=O)NC2CCS(=O)(=O)C2)C1=O. The Kier molecular flexibility index (Phi) is 5.24. The number of hydrogen-bond donors (Lipinski definition) is 1. The molecule has 1 atom stereocenters. The highest BCUT2D eigenvalue weighted by molar-refractivity contribution is 8.18. The van der Waals surface area contributed by atoms with Crippen LogP contribution in [-0.4, -0.2) is 59.0 Å². The third-order valence-electron chi connectivity index (χ3n) is 4.30. The van der Waals surface area contributed by atoms with Crippen LogP contribution in [0.4, 0.5) is 4.79 Å². The van der Waals surface area contributed by atoms with Crippen LogP contribution in [0, 0.1) is 0 Å². The van der Waals surface area contributed by atoms with Crippen LogP contribution < -0.4 is 5.32 Å². The van der Waals surface area contributed by atoms with Crippen molar-refractivity contribution in [3.05, 3.63) is 28.9 Å². The highest BCUT2D eigenvalue weighted by Crippen LogP contribution is 2.32. The van der Waals surface area contributed by atoms with Crippen LogP contribution >= 0.6 is 11.8 Å². The van der Waals surface area contributed by atoms with Gasteiger partial charge in [-0.15, -0.1) is 0 Å². The van der Waals surface area contributed by atoms with Gasteiger partial charge in [-0.2, -0.15) is 0 Å². The van der Waals surface area contributed by atoms with Gasteiger partial charge >= 0.3 is 0 Å². The summed E-state index contributed by atoms with van der Waals surface area (Å²) >= 11 is 0.847. The lowest BCUT2D eigenvalue weighted by molar-refractivity contribution is -0.124. The summed E-state index contributed by atoms with van der Waals surface area (Å²) in [5.74, 6) is -0.764. The monoisotopic (exact) mass is 397 g/mol. The molecule has 10 heteroatoms. The number of carbonyl (C=O) groups is 3. The van der Waals surface area contributed by atoms with Gasteiger partial charge in [-0.05, 0) is 36.4 Å². The highest BCUT2D eigenvalue weighted by Gasteiger charge is 2.35. The molecule has 0 saturated carbocycles. The first-order chi connectivity index (χ1) is 12.2. The number of carbonyl (C=O) groups excluding carboxylic acids is 3. The van der Waals surface area contributed by atoms with E-state index in [9.17, 15) is 22.8 Å². The van der Waals surface area contributed by atoms with E-state index >= 15 is 0 Å². The first kappa shape index (κ1) is 18.7. The maximum absolute atomic E-state index is 12.4. The summed E-state index contributed by atoms with van der Waals surface area (Å²) in [5, 5.41) is 2.24. The molecule has 140 valence electrons. The minimum atomic E-state index is -3.07. The molecule has 3 heterocycles. The molecule has 3 rings (SSSR count).